The predicted molar refractivity (Wildman–Crippen MR) is 380 cm³/mol. The molecule has 20 unspecified atom stereocenters. The van der Waals surface area contributed by atoms with Crippen molar-refractivity contribution in [2.24, 2.45) is 0 Å². The molecule has 0 spiro atoms. The lowest BCUT2D eigenvalue weighted by Gasteiger charge is -2.51. The maximum atomic E-state index is 15.1. The molecule has 6 aromatic rings. The highest BCUT2D eigenvalue weighted by Gasteiger charge is 2.61. The zero-order chi connectivity index (χ0) is 80.8. The highest BCUT2D eigenvalue weighted by atomic mass is 16.8. The number of amides is 1. The van der Waals surface area contributed by atoms with Gasteiger partial charge in [-0.05, 0) is 66.2 Å². The van der Waals surface area contributed by atoms with Gasteiger partial charge in [-0.25, -0.2) is 24.0 Å². The maximum absolute atomic E-state index is 15.1. The molecule has 4 saturated heterocycles. The largest absolute Gasteiger partial charge is 0.463 e. The van der Waals surface area contributed by atoms with E-state index >= 15 is 9.59 Å². The molecule has 0 saturated carbocycles. The van der Waals surface area contributed by atoms with Gasteiger partial charge in [-0.3, -0.25) is 33.6 Å². The Morgan fingerprint density at radius 3 is 1.03 bits per heavy atom. The van der Waals surface area contributed by atoms with Crippen molar-refractivity contribution in [3.63, 3.8) is 0 Å². The summed E-state index contributed by atoms with van der Waals surface area (Å²) in [5, 5.41) is 15.9. The molecule has 0 aliphatic carbocycles. The lowest BCUT2D eigenvalue weighted by Crippen LogP contribution is -2.71. The maximum Gasteiger partial charge on any atom is 0.338 e. The number of rotatable bonds is 30. The summed E-state index contributed by atoms with van der Waals surface area (Å²) >= 11 is 0. The van der Waals surface area contributed by atoms with Crippen LogP contribution in [0, 0.1) is 0 Å². The Hall–Kier alpha value is -11.4. The monoisotopic (exact) mass is 1570 g/mol. The summed E-state index contributed by atoms with van der Waals surface area (Å²) in [6.45, 7) is 3.14. The molecule has 2 N–H and O–H groups in total. The van der Waals surface area contributed by atoms with Crippen LogP contribution in [0.25, 0.3) is 0 Å². The van der Waals surface area contributed by atoms with Crippen LogP contribution in [-0.2, 0) is 130 Å². The molecular formula is C80H83NO32. The van der Waals surface area contributed by atoms with E-state index < -0.39 is 221 Å². The van der Waals surface area contributed by atoms with Gasteiger partial charge in [-0.15, -0.1) is 0 Å². The van der Waals surface area contributed by atoms with Crippen molar-refractivity contribution in [1.29, 1.82) is 0 Å². The molecule has 0 radical (unpaired) electrons. The zero-order valence-corrected chi connectivity index (χ0v) is 62.0. The Morgan fingerprint density at radius 1 is 0.301 bits per heavy atom. The van der Waals surface area contributed by atoms with E-state index in [-0.39, 0.29) is 34.4 Å². The van der Waals surface area contributed by atoms with Crippen LogP contribution in [0.15, 0.2) is 182 Å². The fraction of sp³-hybridized carbons (Fsp3) is 0.400. The molecule has 113 heavy (non-hydrogen) atoms. The van der Waals surface area contributed by atoms with Crippen LogP contribution in [0.2, 0.25) is 0 Å². The van der Waals surface area contributed by atoms with Crippen molar-refractivity contribution >= 4 is 71.6 Å². The van der Waals surface area contributed by atoms with Crippen LogP contribution in [0.1, 0.15) is 106 Å². The lowest BCUT2D eigenvalue weighted by molar-refractivity contribution is -0.380. The molecule has 33 heteroatoms. The van der Waals surface area contributed by atoms with E-state index in [9.17, 15) is 53.1 Å². The van der Waals surface area contributed by atoms with Gasteiger partial charge in [0.1, 0.15) is 81.3 Å². The molecule has 4 aliphatic heterocycles. The van der Waals surface area contributed by atoms with Crippen molar-refractivity contribution in [2.75, 3.05) is 26.4 Å². The fourth-order valence-corrected chi connectivity index (χ4v) is 12.7. The predicted octanol–water partition coefficient (Wildman–Crippen LogP) is 5.37. The van der Waals surface area contributed by atoms with E-state index in [1.807, 2.05) is 0 Å². The number of esters is 11. The summed E-state index contributed by atoms with van der Waals surface area (Å²) in [5.74, 6) is -12.2. The summed E-state index contributed by atoms with van der Waals surface area (Å²) < 4.78 is 119. The van der Waals surface area contributed by atoms with Gasteiger partial charge < -0.3 is 100 Å². The second kappa shape index (κ2) is 40.2. The first-order valence-corrected chi connectivity index (χ1v) is 35.7. The molecule has 0 bridgehead atoms. The number of carbonyl (C=O) groups excluding carboxylic acids is 12. The van der Waals surface area contributed by atoms with Crippen LogP contribution >= 0.6 is 0 Å². The molecule has 0 aromatic heterocycles. The number of hydrogen-bond donors (Lipinski definition) is 2. The normalized spacial score (nSPS) is 27.2. The van der Waals surface area contributed by atoms with Crippen molar-refractivity contribution in [3.05, 3.63) is 215 Å². The van der Waals surface area contributed by atoms with E-state index in [4.69, 9.17) is 90.0 Å². The summed E-state index contributed by atoms with van der Waals surface area (Å²) in [6.07, 6.45) is -38.4. The van der Waals surface area contributed by atoms with Gasteiger partial charge in [0.2, 0.25) is 5.91 Å². The highest BCUT2D eigenvalue weighted by Crippen LogP contribution is 2.40. The minimum absolute atomic E-state index is 0.00105. The van der Waals surface area contributed by atoms with Gasteiger partial charge in [0, 0.05) is 48.5 Å². The number of hydrogen-bond acceptors (Lipinski definition) is 32. The number of aliphatic hydroxyl groups is 1. The Labute approximate surface area is 646 Å². The van der Waals surface area contributed by atoms with E-state index in [1.54, 1.807) is 84.9 Å². The van der Waals surface area contributed by atoms with Crippen LogP contribution in [-0.4, -0.2) is 226 Å². The van der Waals surface area contributed by atoms with Crippen LogP contribution in [0.3, 0.4) is 0 Å². The second-order valence-corrected chi connectivity index (χ2v) is 26.0. The SMILES string of the molecule is CC(=O)NC1C(OC2C(O)C(COC(=O)c3ccccc3)OC(OC3C(COC(=O)c4ccccc4)OC(OCc4ccccc4)C(OC(=O)c4ccccc4)C3OC(=O)c3ccccc3)C2OC(=O)c2ccccc2)OC(COC(C)=O)C(OC(C)=O)C1OC1OC(COC(C)=O)C(OC(C)=O)C(OC(C)=O)C1OC(C)=O. The molecule has 33 nitrogen and oxygen atoms in total. The minimum Gasteiger partial charge on any atom is -0.463 e. The number of nitrogens with one attached hydrogen (secondary N) is 1. The summed E-state index contributed by atoms with van der Waals surface area (Å²) in [6, 6.07) is 44.1. The van der Waals surface area contributed by atoms with Gasteiger partial charge >= 0.3 is 65.7 Å². The Morgan fingerprint density at radius 2 is 0.602 bits per heavy atom. The third-order valence-electron chi connectivity index (χ3n) is 17.6. The smallest absolute Gasteiger partial charge is 0.338 e. The number of benzene rings is 6. The zero-order valence-electron chi connectivity index (χ0n) is 62.0. The van der Waals surface area contributed by atoms with Crippen molar-refractivity contribution in [2.45, 2.75) is 178 Å². The molecule has 4 fully saturated rings. The first-order chi connectivity index (χ1) is 54.3. The molecule has 1 amide bonds. The number of ether oxygens (including phenoxy) is 19. The molecule has 600 valence electrons. The van der Waals surface area contributed by atoms with Gasteiger partial charge in [0.05, 0.1) is 34.4 Å². The van der Waals surface area contributed by atoms with Crippen LogP contribution in [0.5, 0.6) is 0 Å². The number of carbonyl (C=O) groups is 12. The highest BCUT2D eigenvalue weighted by molar-refractivity contribution is 5.92. The van der Waals surface area contributed by atoms with E-state index in [0.717, 1.165) is 48.5 Å². The van der Waals surface area contributed by atoms with Gasteiger partial charge in [-0.1, -0.05) is 121 Å². The Kier molecular flexibility index (Phi) is 29.9. The van der Waals surface area contributed by atoms with Gasteiger partial charge in [0.25, 0.3) is 0 Å². The van der Waals surface area contributed by atoms with E-state index in [1.165, 1.54) is 97.1 Å². The summed E-state index contributed by atoms with van der Waals surface area (Å²) in [7, 11) is 0. The van der Waals surface area contributed by atoms with Crippen molar-refractivity contribution in [1.82, 2.24) is 5.32 Å². The second-order valence-electron chi connectivity index (χ2n) is 26.0. The van der Waals surface area contributed by atoms with Crippen molar-refractivity contribution < 1.29 is 153 Å². The molecular weight excluding hydrogens is 1490 g/mol. The average molecular weight is 1570 g/mol. The lowest BCUT2D eigenvalue weighted by atomic mass is 9.93. The molecule has 6 aromatic carbocycles. The average Bonchev–Trinajstić information content (AvgIpc) is 0.759. The van der Waals surface area contributed by atoms with E-state index in [0.29, 0.717) is 5.56 Å². The van der Waals surface area contributed by atoms with E-state index in [2.05, 4.69) is 5.32 Å². The summed E-state index contributed by atoms with van der Waals surface area (Å²) in [5.41, 5.74) is 0.358. The third kappa shape index (κ3) is 23.1. The first-order valence-electron chi connectivity index (χ1n) is 35.7. The van der Waals surface area contributed by atoms with Gasteiger partial charge in [-0.2, -0.15) is 0 Å². The van der Waals surface area contributed by atoms with Crippen LogP contribution in [0.4, 0.5) is 0 Å². The summed E-state index contributed by atoms with van der Waals surface area (Å²) in [4.78, 5) is 165. The number of aliphatic hydroxyl groups excluding tert-OH is 1. The Bertz CT molecular complexity index is 4240. The minimum atomic E-state index is -2.33. The third-order valence-corrected chi connectivity index (χ3v) is 17.6. The fourth-order valence-electron chi connectivity index (χ4n) is 12.7. The first kappa shape index (κ1) is 84.1. The standard InChI is InChI=1S/C80H83NO32/c1-43(82)81-60-65(112-80-71(103-49(7)88)67(102-48(6)87)63(101-47(5)86)58(107-80)41-96-45(3)84)62(100-46(4)85)57(40-95-44(2)83)105-77(60)113-66-61(89)56(39-97-72(90)51-28-16-9-17-29-51)104-79(69(66)109-75(93)54-34-22-12-23-35-54)111-64-59(42-98-73(91)52-30-18-10-19-31-52)106-78(99-38-50-26-14-8-15-27-50)70(110-76(94)55-36-24-13-25-37-55)68(64)108-74(92)53-32-20-11-21-33-53/h8-37,56-71,77-80,89H,38-42H2,1-7H3,(H,81,82). The molecule has 4 heterocycles. The molecule has 20 atom stereocenters. The topological polar surface area (TPSA) is 412 Å². The van der Waals surface area contributed by atoms with Gasteiger partial charge in [0.15, 0.2) is 67.9 Å². The Balaban J connectivity index is 1.16. The molecule has 10 rings (SSSR count). The van der Waals surface area contributed by atoms with Crippen molar-refractivity contribution in [3.8, 4) is 0 Å². The molecule has 4 aliphatic rings. The quantitative estimate of drug-likeness (QED) is 0.0423. The van der Waals surface area contributed by atoms with Crippen LogP contribution < -0.4 is 5.32 Å².